The molecule has 2 aliphatic rings. The van der Waals surface area contributed by atoms with Crippen molar-refractivity contribution < 1.29 is 14.7 Å². The van der Waals surface area contributed by atoms with Gasteiger partial charge in [-0.1, -0.05) is 11.6 Å². The Hall–Kier alpha value is -1.79. The van der Waals surface area contributed by atoms with Gasteiger partial charge < -0.3 is 10.0 Å². The van der Waals surface area contributed by atoms with Gasteiger partial charge in [-0.05, 0) is 37.1 Å². The molecule has 1 aromatic heterocycles. The fourth-order valence-corrected chi connectivity index (χ4v) is 4.67. The summed E-state index contributed by atoms with van der Waals surface area (Å²) in [7, 11) is 0. The predicted octanol–water partition coefficient (Wildman–Crippen LogP) is 3.80. The SMILES string of the molecule is O=C(O)CC1CSCCN1C(=O)c1cc(C2CC2)nc2ccc(Cl)cc12. The highest BCUT2D eigenvalue weighted by molar-refractivity contribution is 7.99. The highest BCUT2D eigenvalue weighted by atomic mass is 35.5. The summed E-state index contributed by atoms with van der Waals surface area (Å²) in [5, 5.41) is 10.5. The number of carboxylic acids is 1. The van der Waals surface area contributed by atoms with Crippen LogP contribution in [0.5, 0.6) is 0 Å². The number of fused-ring (bicyclic) bond motifs is 1. The van der Waals surface area contributed by atoms with Crippen LogP contribution in [0, 0.1) is 0 Å². The Morgan fingerprint density at radius 2 is 2.12 bits per heavy atom. The van der Waals surface area contributed by atoms with E-state index in [9.17, 15) is 14.7 Å². The molecule has 1 saturated carbocycles. The molecule has 1 N–H and O–H groups in total. The topological polar surface area (TPSA) is 70.5 Å². The van der Waals surface area contributed by atoms with E-state index < -0.39 is 5.97 Å². The van der Waals surface area contributed by atoms with Crippen LogP contribution in [0.25, 0.3) is 10.9 Å². The van der Waals surface area contributed by atoms with Crippen LogP contribution >= 0.6 is 23.4 Å². The van der Waals surface area contributed by atoms with Gasteiger partial charge in [0.05, 0.1) is 23.5 Å². The first-order valence-corrected chi connectivity index (χ1v) is 10.3. The average molecular weight is 391 g/mol. The maximum atomic E-state index is 13.4. The van der Waals surface area contributed by atoms with E-state index in [0.29, 0.717) is 28.8 Å². The molecular weight excluding hydrogens is 372 g/mol. The fourth-order valence-electron chi connectivity index (χ4n) is 3.43. The van der Waals surface area contributed by atoms with Crippen molar-refractivity contribution in [2.45, 2.75) is 31.2 Å². The second-order valence-corrected chi connectivity index (χ2v) is 8.44. The van der Waals surface area contributed by atoms with Gasteiger partial charge in [0, 0.05) is 40.1 Å². The Morgan fingerprint density at radius 1 is 1.31 bits per heavy atom. The summed E-state index contributed by atoms with van der Waals surface area (Å²) < 4.78 is 0. The Bertz CT molecular complexity index is 884. The highest BCUT2D eigenvalue weighted by Gasteiger charge is 2.32. The van der Waals surface area contributed by atoms with Crippen molar-refractivity contribution in [2.24, 2.45) is 0 Å². The Morgan fingerprint density at radius 3 is 2.85 bits per heavy atom. The second-order valence-electron chi connectivity index (χ2n) is 6.86. The number of thioether (sulfide) groups is 1. The van der Waals surface area contributed by atoms with Crippen LogP contribution in [0.2, 0.25) is 5.02 Å². The van der Waals surface area contributed by atoms with Gasteiger partial charge in [0.1, 0.15) is 0 Å². The lowest BCUT2D eigenvalue weighted by atomic mass is 10.0. The summed E-state index contributed by atoms with van der Waals surface area (Å²) in [4.78, 5) is 31.0. The molecule has 5 nitrogen and oxygen atoms in total. The third kappa shape index (κ3) is 3.53. The molecule has 0 radical (unpaired) electrons. The van der Waals surface area contributed by atoms with Gasteiger partial charge in [-0.25, -0.2) is 0 Å². The third-order valence-corrected chi connectivity index (χ3v) is 6.24. The minimum Gasteiger partial charge on any atom is -0.481 e. The number of hydrogen-bond donors (Lipinski definition) is 1. The minimum atomic E-state index is -0.878. The number of carbonyl (C=O) groups excluding carboxylic acids is 1. The van der Waals surface area contributed by atoms with Gasteiger partial charge in [0.25, 0.3) is 5.91 Å². The van der Waals surface area contributed by atoms with Crippen LogP contribution in [-0.4, -0.2) is 51.0 Å². The predicted molar refractivity (Wildman–Crippen MR) is 103 cm³/mol. The van der Waals surface area contributed by atoms with E-state index in [2.05, 4.69) is 0 Å². The number of aromatic nitrogens is 1. The molecular formula is C19H19ClN2O3S. The lowest BCUT2D eigenvalue weighted by Gasteiger charge is -2.35. The zero-order valence-corrected chi connectivity index (χ0v) is 15.7. The van der Waals surface area contributed by atoms with Crippen LogP contribution in [0.1, 0.15) is 41.2 Å². The molecule has 2 fully saturated rings. The number of hydrogen-bond acceptors (Lipinski definition) is 4. The molecule has 26 heavy (non-hydrogen) atoms. The average Bonchev–Trinajstić information content (AvgIpc) is 3.45. The van der Waals surface area contributed by atoms with Crippen molar-refractivity contribution >= 4 is 46.1 Å². The van der Waals surface area contributed by atoms with Gasteiger partial charge in [0.2, 0.25) is 0 Å². The zero-order valence-electron chi connectivity index (χ0n) is 14.2. The van der Waals surface area contributed by atoms with Gasteiger partial charge in [-0.3, -0.25) is 14.6 Å². The van der Waals surface area contributed by atoms with E-state index in [4.69, 9.17) is 16.6 Å². The first-order chi connectivity index (χ1) is 12.5. The third-order valence-electron chi connectivity index (χ3n) is 4.92. The maximum Gasteiger partial charge on any atom is 0.305 e. The van der Waals surface area contributed by atoms with Crippen LogP contribution < -0.4 is 0 Å². The van der Waals surface area contributed by atoms with Gasteiger partial charge in [-0.2, -0.15) is 11.8 Å². The molecule has 1 unspecified atom stereocenters. The number of nitrogens with zero attached hydrogens (tertiary/aromatic N) is 2. The van der Waals surface area contributed by atoms with Crippen LogP contribution in [0.3, 0.4) is 0 Å². The summed E-state index contributed by atoms with van der Waals surface area (Å²) >= 11 is 7.85. The van der Waals surface area contributed by atoms with Crippen LogP contribution in [0.4, 0.5) is 0 Å². The summed E-state index contributed by atoms with van der Waals surface area (Å²) in [6.07, 6.45) is 2.17. The smallest absolute Gasteiger partial charge is 0.305 e. The van der Waals surface area contributed by atoms with Crippen molar-refractivity contribution in [3.8, 4) is 0 Å². The van der Waals surface area contributed by atoms with Crippen molar-refractivity contribution in [1.82, 2.24) is 9.88 Å². The first-order valence-electron chi connectivity index (χ1n) is 8.73. The van der Waals surface area contributed by atoms with Crippen molar-refractivity contribution in [3.63, 3.8) is 0 Å². The zero-order chi connectivity index (χ0) is 18.3. The number of pyridine rings is 1. The molecule has 1 amide bonds. The fraction of sp³-hybridized carbons (Fsp3) is 0.421. The number of aliphatic carboxylic acids is 1. The minimum absolute atomic E-state index is 0.0298. The summed E-state index contributed by atoms with van der Waals surface area (Å²) in [5.41, 5.74) is 2.30. The van der Waals surface area contributed by atoms with Gasteiger partial charge >= 0.3 is 5.97 Å². The molecule has 1 atom stereocenters. The number of rotatable bonds is 4. The monoisotopic (exact) mass is 390 g/mol. The largest absolute Gasteiger partial charge is 0.481 e. The molecule has 1 aliphatic heterocycles. The molecule has 136 valence electrons. The van der Waals surface area contributed by atoms with E-state index >= 15 is 0 Å². The van der Waals surface area contributed by atoms with Crippen molar-refractivity contribution in [3.05, 3.63) is 40.5 Å². The Balaban J connectivity index is 1.77. The van der Waals surface area contributed by atoms with E-state index in [1.165, 1.54) is 0 Å². The van der Waals surface area contributed by atoms with E-state index in [1.807, 2.05) is 12.1 Å². The maximum absolute atomic E-state index is 13.4. The molecule has 7 heteroatoms. The molecule has 1 aromatic carbocycles. The van der Waals surface area contributed by atoms with Gasteiger partial charge in [0.15, 0.2) is 0 Å². The Kier molecular flexibility index (Phi) is 4.80. The quantitative estimate of drug-likeness (QED) is 0.859. The molecule has 2 heterocycles. The molecule has 1 saturated heterocycles. The number of carboxylic acid groups (broad SMARTS) is 1. The van der Waals surface area contributed by atoms with Crippen LogP contribution in [0.15, 0.2) is 24.3 Å². The highest BCUT2D eigenvalue weighted by Crippen LogP contribution is 2.40. The summed E-state index contributed by atoms with van der Waals surface area (Å²) in [6, 6.07) is 7.01. The summed E-state index contributed by atoms with van der Waals surface area (Å²) in [5.74, 6) is 0.899. The van der Waals surface area contributed by atoms with Crippen molar-refractivity contribution in [2.75, 3.05) is 18.1 Å². The number of benzene rings is 1. The van der Waals surface area contributed by atoms with Crippen molar-refractivity contribution in [1.29, 1.82) is 0 Å². The standard InChI is InChI=1S/C19H19ClN2O3S/c20-12-3-4-16-14(7-12)15(9-17(21-16)11-1-2-11)19(25)22-5-6-26-10-13(22)8-18(23)24/h3-4,7,9,11,13H,1-2,5-6,8,10H2,(H,23,24). The molecule has 4 rings (SSSR count). The van der Waals surface area contributed by atoms with Gasteiger partial charge in [-0.15, -0.1) is 0 Å². The molecule has 0 bridgehead atoms. The first kappa shape index (κ1) is 17.6. The van der Waals surface area contributed by atoms with E-state index in [1.54, 1.807) is 28.8 Å². The second kappa shape index (κ2) is 7.08. The number of carbonyl (C=O) groups is 2. The van der Waals surface area contributed by atoms with E-state index in [0.717, 1.165) is 35.2 Å². The molecule has 1 aliphatic carbocycles. The van der Waals surface area contributed by atoms with Crippen LogP contribution in [-0.2, 0) is 4.79 Å². The number of amides is 1. The molecule has 0 spiro atoms. The normalized spacial score (nSPS) is 20.3. The lowest BCUT2D eigenvalue weighted by molar-refractivity contribution is -0.138. The molecule has 2 aromatic rings. The number of halogens is 1. The van der Waals surface area contributed by atoms with E-state index in [-0.39, 0.29) is 18.4 Å². The summed E-state index contributed by atoms with van der Waals surface area (Å²) in [6.45, 7) is 0.560. The lowest BCUT2D eigenvalue weighted by Crippen LogP contribution is -2.47. The Labute approximate surface area is 160 Å².